The van der Waals surface area contributed by atoms with Gasteiger partial charge in [-0.25, -0.2) is 0 Å². The monoisotopic (exact) mass is 284 g/mol. The molecule has 0 heterocycles. The summed E-state index contributed by atoms with van der Waals surface area (Å²) >= 11 is 0. The maximum Gasteiger partial charge on any atom is 0.317 e. The van der Waals surface area contributed by atoms with Gasteiger partial charge in [0.15, 0.2) is 5.75 Å². The molecule has 0 aliphatic carbocycles. The number of nitro groups is 2. The maximum absolute atomic E-state index is 10.8. The van der Waals surface area contributed by atoms with Gasteiger partial charge in [0.2, 0.25) is 0 Å². The molecule has 1 rings (SSSR count). The van der Waals surface area contributed by atoms with Crippen molar-refractivity contribution >= 4 is 11.4 Å². The van der Waals surface area contributed by atoms with Crippen LogP contribution in [0.1, 0.15) is 25.8 Å². The van der Waals surface area contributed by atoms with Gasteiger partial charge in [-0.2, -0.15) is 0 Å². The molecule has 0 bridgehead atoms. The van der Waals surface area contributed by atoms with E-state index in [-0.39, 0.29) is 12.2 Å². The zero-order valence-electron chi connectivity index (χ0n) is 11.2. The van der Waals surface area contributed by atoms with Gasteiger partial charge in [0, 0.05) is 18.2 Å². The molecule has 0 unspecified atom stereocenters. The molecule has 1 aromatic carbocycles. The summed E-state index contributed by atoms with van der Waals surface area (Å²) in [4.78, 5) is 19.9. The zero-order valence-corrected chi connectivity index (χ0v) is 11.2. The van der Waals surface area contributed by atoms with Crippen LogP contribution in [0.5, 0.6) is 5.75 Å². The predicted octanol–water partition coefficient (Wildman–Crippen LogP) is 2.77. The molecule has 0 spiro atoms. The summed E-state index contributed by atoms with van der Waals surface area (Å²) in [5, 5.41) is 31.2. The van der Waals surface area contributed by atoms with E-state index < -0.39 is 27.0 Å². The second kappa shape index (κ2) is 6.80. The molecule has 110 valence electrons. The summed E-state index contributed by atoms with van der Waals surface area (Å²) in [7, 11) is 0. The van der Waals surface area contributed by atoms with Gasteiger partial charge in [0.05, 0.1) is 22.5 Å². The molecule has 1 aromatic rings. The number of hydrogen-bond donors (Lipinski definition) is 1. The van der Waals surface area contributed by atoms with Crippen LogP contribution >= 0.6 is 0 Å². The van der Waals surface area contributed by atoms with Crippen molar-refractivity contribution in [2.75, 3.05) is 6.61 Å². The van der Waals surface area contributed by atoms with E-state index in [1.807, 2.05) is 13.8 Å². The molecular weight excluding hydrogens is 268 g/mol. The summed E-state index contributed by atoms with van der Waals surface area (Å²) in [6, 6.07) is 1.81. The van der Waals surface area contributed by atoms with E-state index in [4.69, 9.17) is 4.74 Å². The molecule has 0 atom stereocenters. The first-order chi connectivity index (χ1) is 9.32. The van der Waals surface area contributed by atoms with Crippen LogP contribution in [0.15, 0.2) is 12.1 Å². The normalized spacial score (nSPS) is 10.8. The molecule has 8 heteroatoms. The van der Waals surface area contributed by atoms with Gasteiger partial charge in [-0.3, -0.25) is 20.2 Å². The van der Waals surface area contributed by atoms with Crippen LogP contribution in [0.3, 0.4) is 0 Å². The molecule has 0 saturated heterocycles. The number of nitro benzene ring substituents is 2. The molecule has 20 heavy (non-hydrogen) atoms. The number of phenolic OH excluding ortho intramolecular Hbond substituents is 1. The first-order valence-corrected chi connectivity index (χ1v) is 6.05. The first kappa shape index (κ1) is 15.8. The van der Waals surface area contributed by atoms with Gasteiger partial charge in [0.25, 0.3) is 5.69 Å². The lowest BCUT2D eigenvalue weighted by atomic mass is 10.1. The Morgan fingerprint density at radius 1 is 1.25 bits per heavy atom. The van der Waals surface area contributed by atoms with Crippen molar-refractivity contribution in [2.45, 2.75) is 26.9 Å². The lowest BCUT2D eigenvalue weighted by Crippen LogP contribution is -2.02. The Hall–Kier alpha value is -2.22. The summed E-state index contributed by atoms with van der Waals surface area (Å²) in [5.74, 6) is -0.159. The van der Waals surface area contributed by atoms with Gasteiger partial charge in [-0.05, 0) is 12.3 Å². The van der Waals surface area contributed by atoms with Crippen LogP contribution in [0.2, 0.25) is 0 Å². The fourth-order valence-corrected chi connectivity index (χ4v) is 1.52. The van der Waals surface area contributed by atoms with Gasteiger partial charge in [-0.1, -0.05) is 13.8 Å². The topological polar surface area (TPSA) is 116 Å². The Morgan fingerprint density at radius 2 is 1.90 bits per heavy atom. The Labute approximate surface area is 115 Å². The fraction of sp³-hybridized carbons (Fsp3) is 0.500. The third-order valence-electron chi connectivity index (χ3n) is 2.66. The van der Waals surface area contributed by atoms with E-state index in [1.54, 1.807) is 0 Å². The average Bonchev–Trinajstić information content (AvgIpc) is 2.35. The molecule has 0 amide bonds. The van der Waals surface area contributed by atoms with Crippen molar-refractivity contribution in [1.29, 1.82) is 0 Å². The maximum atomic E-state index is 10.8. The molecule has 0 radical (unpaired) electrons. The van der Waals surface area contributed by atoms with Crippen molar-refractivity contribution in [2.24, 2.45) is 5.92 Å². The zero-order chi connectivity index (χ0) is 15.3. The van der Waals surface area contributed by atoms with E-state index >= 15 is 0 Å². The largest absolute Gasteiger partial charge is 0.502 e. The van der Waals surface area contributed by atoms with Crippen molar-refractivity contribution in [1.82, 2.24) is 0 Å². The lowest BCUT2D eigenvalue weighted by molar-refractivity contribution is -0.394. The van der Waals surface area contributed by atoms with Crippen molar-refractivity contribution < 1.29 is 19.7 Å². The van der Waals surface area contributed by atoms with Gasteiger partial charge in [0.1, 0.15) is 0 Å². The minimum atomic E-state index is -0.861. The lowest BCUT2D eigenvalue weighted by Gasteiger charge is -2.08. The smallest absolute Gasteiger partial charge is 0.317 e. The number of rotatable bonds is 7. The molecule has 0 saturated carbocycles. The molecule has 0 aliphatic rings. The summed E-state index contributed by atoms with van der Waals surface area (Å²) < 4.78 is 5.28. The second-order valence-corrected chi connectivity index (χ2v) is 4.72. The van der Waals surface area contributed by atoms with Crippen LogP contribution in [-0.2, 0) is 11.3 Å². The molecule has 0 aromatic heterocycles. The molecule has 0 aliphatic heterocycles. The molecule has 1 N–H and O–H groups in total. The summed E-state index contributed by atoms with van der Waals surface area (Å²) in [6.07, 6.45) is 0.789. The number of aromatic hydroxyl groups is 1. The van der Waals surface area contributed by atoms with Crippen molar-refractivity contribution in [3.8, 4) is 5.75 Å². The molecular formula is C12H16N2O6. The van der Waals surface area contributed by atoms with Gasteiger partial charge >= 0.3 is 5.69 Å². The highest BCUT2D eigenvalue weighted by Crippen LogP contribution is 2.34. The van der Waals surface area contributed by atoms with Crippen molar-refractivity contribution in [3.05, 3.63) is 37.9 Å². The van der Waals surface area contributed by atoms with Crippen LogP contribution in [-0.4, -0.2) is 21.6 Å². The fourth-order valence-electron chi connectivity index (χ4n) is 1.52. The molecule has 8 nitrogen and oxygen atoms in total. The number of benzene rings is 1. The highest BCUT2D eigenvalue weighted by Gasteiger charge is 2.23. The Balaban J connectivity index is 2.93. The Kier molecular flexibility index (Phi) is 5.39. The predicted molar refractivity (Wildman–Crippen MR) is 70.5 cm³/mol. The van der Waals surface area contributed by atoms with Gasteiger partial charge < -0.3 is 9.84 Å². The van der Waals surface area contributed by atoms with E-state index in [0.717, 1.165) is 18.6 Å². The Morgan fingerprint density at radius 3 is 2.40 bits per heavy atom. The van der Waals surface area contributed by atoms with Crippen LogP contribution < -0.4 is 0 Å². The minimum absolute atomic E-state index is 0.0367. The minimum Gasteiger partial charge on any atom is -0.502 e. The average molecular weight is 284 g/mol. The standard InChI is InChI=1S/C12H16N2O6/c1-8(2)3-4-20-7-9-5-10(13(16)17)6-11(12(9)15)14(18)19/h5-6,8,15H,3-4,7H2,1-2H3. The number of non-ortho nitro benzene ring substituents is 1. The highest BCUT2D eigenvalue weighted by molar-refractivity contribution is 5.57. The number of ether oxygens (including phenoxy) is 1. The van der Waals surface area contributed by atoms with Gasteiger partial charge in [-0.15, -0.1) is 0 Å². The number of hydrogen-bond acceptors (Lipinski definition) is 6. The van der Waals surface area contributed by atoms with E-state index in [2.05, 4.69) is 0 Å². The number of phenols is 1. The first-order valence-electron chi connectivity index (χ1n) is 6.05. The Bertz CT molecular complexity index is 515. The molecule has 0 fully saturated rings. The van der Waals surface area contributed by atoms with Crippen molar-refractivity contribution in [3.63, 3.8) is 0 Å². The van der Waals surface area contributed by atoms with E-state index in [9.17, 15) is 25.3 Å². The van der Waals surface area contributed by atoms with E-state index in [1.165, 1.54) is 0 Å². The third-order valence-corrected chi connectivity index (χ3v) is 2.66. The summed E-state index contributed by atoms with van der Waals surface area (Å²) in [6.45, 7) is 4.33. The van der Waals surface area contributed by atoms with Crippen LogP contribution in [0.25, 0.3) is 0 Å². The number of nitrogens with zero attached hydrogens (tertiary/aromatic N) is 2. The third kappa shape index (κ3) is 4.16. The van der Waals surface area contributed by atoms with Crippen LogP contribution in [0, 0.1) is 26.1 Å². The second-order valence-electron chi connectivity index (χ2n) is 4.72. The highest BCUT2D eigenvalue weighted by atomic mass is 16.6. The SMILES string of the molecule is CC(C)CCOCc1cc([N+](=O)[O-])cc([N+](=O)[O-])c1O. The summed E-state index contributed by atoms with van der Waals surface area (Å²) in [5.41, 5.74) is -1.10. The van der Waals surface area contributed by atoms with E-state index in [0.29, 0.717) is 12.5 Å². The quantitative estimate of drug-likeness (QED) is 0.467. The van der Waals surface area contributed by atoms with Crippen LogP contribution in [0.4, 0.5) is 11.4 Å².